The first kappa shape index (κ1) is 11.5. The van der Waals surface area contributed by atoms with E-state index >= 15 is 0 Å². The molecule has 4 heteroatoms. The van der Waals surface area contributed by atoms with E-state index in [9.17, 15) is 4.79 Å². The molecule has 0 unspecified atom stereocenters. The van der Waals surface area contributed by atoms with Gasteiger partial charge in [0.05, 0.1) is 6.26 Å². The first-order valence-corrected chi connectivity index (χ1v) is 4.76. The van der Waals surface area contributed by atoms with Gasteiger partial charge in [-0.25, -0.2) is 0 Å². The molecule has 0 aliphatic rings. The predicted molar refractivity (Wildman–Crippen MR) is 59.0 cm³/mol. The summed E-state index contributed by atoms with van der Waals surface area (Å²) in [5, 5.41) is 2.69. The molecule has 0 saturated heterocycles. The third-order valence-electron chi connectivity index (χ3n) is 1.66. The molecular formula is C11H16N2O2. The maximum atomic E-state index is 11.3. The van der Waals surface area contributed by atoms with Gasteiger partial charge in [0.15, 0.2) is 0 Å². The van der Waals surface area contributed by atoms with Crippen molar-refractivity contribution >= 4 is 12.0 Å². The lowest BCUT2D eigenvalue weighted by Gasteiger charge is -2.17. The smallest absolute Gasteiger partial charge is 0.244 e. The Hall–Kier alpha value is -1.55. The van der Waals surface area contributed by atoms with Crippen molar-refractivity contribution in [2.75, 3.05) is 6.54 Å². The molecule has 1 rings (SSSR count). The zero-order valence-corrected chi connectivity index (χ0v) is 8.99. The molecule has 15 heavy (non-hydrogen) atoms. The molecule has 1 aromatic heterocycles. The van der Waals surface area contributed by atoms with Crippen molar-refractivity contribution < 1.29 is 9.21 Å². The highest BCUT2D eigenvalue weighted by Crippen LogP contribution is 2.01. The van der Waals surface area contributed by atoms with E-state index in [1.54, 1.807) is 24.5 Å². The van der Waals surface area contributed by atoms with Gasteiger partial charge in [0, 0.05) is 18.2 Å². The van der Waals surface area contributed by atoms with Gasteiger partial charge in [-0.2, -0.15) is 0 Å². The Morgan fingerprint density at radius 2 is 2.40 bits per heavy atom. The van der Waals surface area contributed by atoms with Crippen LogP contribution in [0.25, 0.3) is 6.08 Å². The number of carbonyl (C=O) groups excluding carboxylic acids is 1. The molecule has 1 amide bonds. The van der Waals surface area contributed by atoms with Crippen LogP contribution in [0.3, 0.4) is 0 Å². The maximum absolute atomic E-state index is 11.3. The second-order valence-corrected chi connectivity index (χ2v) is 4.06. The van der Waals surface area contributed by atoms with Crippen LogP contribution in [-0.4, -0.2) is 18.0 Å². The van der Waals surface area contributed by atoms with Gasteiger partial charge in [0.1, 0.15) is 5.76 Å². The van der Waals surface area contributed by atoms with E-state index in [1.807, 2.05) is 13.8 Å². The molecule has 0 aliphatic heterocycles. The van der Waals surface area contributed by atoms with E-state index in [0.29, 0.717) is 12.3 Å². The van der Waals surface area contributed by atoms with Crippen molar-refractivity contribution in [2.45, 2.75) is 19.4 Å². The minimum absolute atomic E-state index is 0.176. The zero-order valence-electron chi connectivity index (χ0n) is 8.99. The van der Waals surface area contributed by atoms with Crippen LogP contribution >= 0.6 is 0 Å². The average molecular weight is 208 g/mol. The molecule has 1 heterocycles. The molecule has 3 N–H and O–H groups in total. The summed E-state index contributed by atoms with van der Waals surface area (Å²) in [5.41, 5.74) is 5.32. The summed E-state index contributed by atoms with van der Waals surface area (Å²) in [5.74, 6) is 0.474. The Morgan fingerprint density at radius 3 is 2.93 bits per heavy atom. The Kier molecular flexibility index (Phi) is 3.68. The molecule has 0 atom stereocenters. The van der Waals surface area contributed by atoms with Crippen LogP contribution < -0.4 is 11.1 Å². The van der Waals surface area contributed by atoms with Crippen LogP contribution in [0, 0.1) is 0 Å². The first-order chi connectivity index (χ1) is 6.97. The van der Waals surface area contributed by atoms with Crippen LogP contribution in [0.1, 0.15) is 19.6 Å². The lowest BCUT2D eigenvalue weighted by atomic mass is 10.1. The number of hydrogen-bond donors (Lipinski definition) is 2. The quantitative estimate of drug-likeness (QED) is 0.729. The molecule has 0 radical (unpaired) electrons. The number of nitrogens with two attached hydrogens (primary N) is 1. The zero-order chi connectivity index (χ0) is 11.3. The lowest BCUT2D eigenvalue weighted by molar-refractivity contribution is -0.116. The standard InChI is InChI=1S/C11H16N2O2/c1-11(2,12)8-13-10(14)6-5-9-4-3-7-15-9/h3-7H,8,12H2,1-2H3,(H,13,14)/b6-5+. The third-order valence-corrected chi connectivity index (χ3v) is 1.66. The summed E-state index contributed by atoms with van der Waals surface area (Å²) in [6, 6.07) is 3.54. The molecule has 82 valence electrons. The largest absolute Gasteiger partial charge is 0.465 e. The van der Waals surface area contributed by atoms with Crippen LogP contribution in [0.5, 0.6) is 0 Å². The van der Waals surface area contributed by atoms with Crippen molar-refractivity contribution in [3.63, 3.8) is 0 Å². The Morgan fingerprint density at radius 1 is 1.67 bits per heavy atom. The number of nitrogens with one attached hydrogen (secondary N) is 1. The minimum atomic E-state index is -0.395. The van der Waals surface area contributed by atoms with E-state index in [0.717, 1.165) is 0 Å². The fourth-order valence-corrected chi connectivity index (χ4v) is 0.918. The Balaban J connectivity index is 2.37. The van der Waals surface area contributed by atoms with Crippen LogP contribution in [-0.2, 0) is 4.79 Å². The van der Waals surface area contributed by atoms with Crippen molar-refractivity contribution in [3.8, 4) is 0 Å². The molecule has 0 spiro atoms. The van der Waals surface area contributed by atoms with Crippen molar-refractivity contribution in [3.05, 3.63) is 30.2 Å². The number of furan rings is 1. The molecule has 1 aromatic rings. The van der Waals surface area contributed by atoms with Crippen molar-refractivity contribution in [1.82, 2.24) is 5.32 Å². The lowest BCUT2D eigenvalue weighted by Crippen LogP contribution is -2.44. The van der Waals surface area contributed by atoms with Crippen LogP contribution in [0.15, 0.2) is 28.9 Å². The SMILES string of the molecule is CC(C)(N)CNC(=O)/C=C/c1ccco1. The van der Waals surface area contributed by atoms with E-state index < -0.39 is 5.54 Å². The van der Waals surface area contributed by atoms with Crippen LogP contribution in [0.2, 0.25) is 0 Å². The number of carbonyl (C=O) groups is 1. The number of rotatable bonds is 4. The normalized spacial score (nSPS) is 11.9. The molecule has 4 nitrogen and oxygen atoms in total. The predicted octanol–water partition coefficient (Wildman–Crippen LogP) is 1.15. The highest BCUT2D eigenvalue weighted by Gasteiger charge is 2.10. The number of hydrogen-bond acceptors (Lipinski definition) is 3. The maximum Gasteiger partial charge on any atom is 0.244 e. The monoisotopic (exact) mass is 208 g/mol. The van der Waals surface area contributed by atoms with Gasteiger partial charge in [0.25, 0.3) is 0 Å². The van der Waals surface area contributed by atoms with Gasteiger partial charge in [-0.15, -0.1) is 0 Å². The summed E-state index contributed by atoms with van der Waals surface area (Å²) in [4.78, 5) is 11.3. The van der Waals surface area contributed by atoms with E-state index in [1.165, 1.54) is 6.08 Å². The Labute approximate surface area is 89.1 Å². The second-order valence-electron chi connectivity index (χ2n) is 4.06. The molecule has 0 fully saturated rings. The van der Waals surface area contributed by atoms with Gasteiger partial charge < -0.3 is 15.5 Å². The topological polar surface area (TPSA) is 68.3 Å². The van der Waals surface area contributed by atoms with Gasteiger partial charge >= 0.3 is 0 Å². The summed E-state index contributed by atoms with van der Waals surface area (Å²) < 4.78 is 5.04. The fraction of sp³-hybridized carbons (Fsp3) is 0.364. The summed E-state index contributed by atoms with van der Waals surface area (Å²) in [6.45, 7) is 4.14. The van der Waals surface area contributed by atoms with Crippen molar-refractivity contribution in [1.29, 1.82) is 0 Å². The van der Waals surface area contributed by atoms with E-state index in [-0.39, 0.29) is 5.91 Å². The molecular weight excluding hydrogens is 192 g/mol. The summed E-state index contributed by atoms with van der Waals surface area (Å²) >= 11 is 0. The molecule has 0 saturated carbocycles. The van der Waals surface area contributed by atoms with E-state index in [4.69, 9.17) is 10.2 Å². The second kappa shape index (κ2) is 4.79. The summed E-state index contributed by atoms with van der Waals surface area (Å²) in [7, 11) is 0. The molecule has 0 aliphatic carbocycles. The van der Waals surface area contributed by atoms with Crippen LogP contribution in [0.4, 0.5) is 0 Å². The highest BCUT2D eigenvalue weighted by molar-refractivity contribution is 5.91. The molecule has 0 bridgehead atoms. The highest BCUT2D eigenvalue weighted by atomic mass is 16.3. The fourth-order valence-electron chi connectivity index (χ4n) is 0.918. The van der Waals surface area contributed by atoms with Gasteiger partial charge in [-0.3, -0.25) is 4.79 Å². The Bertz CT molecular complexity index is 334. The van der Waals surface area contributed by atoms with Gasteiger partial charge in [-0.1, -0.05) is 0 Å². The number of amides is 1. The average Bonchev–Trinajstić information content (AvgIpc) is 2.62. The molecule has 0 aromatic carbocycles. The van der Waals surface area contributed by atoms with Gasteiger partial charge in [-0.05, 0) is 32.1 Å². The third kappa shape index (κ3) is 5.02. The van der Waals surface area contributed by atoms with Crippen molar-refractivity contribution in [2.24, 2.45) is 5.73 Å². The minimum Gasteiger partial charge on any atom is -0.465 e. The first-order valence-electron chi connectivity index (χ1n) is 4.76. The summed E-state index contributed by atoms with van der Waals surface area (Å²) in [6.07, 6.45) is 4.59. The van der Waals surface area contributed by atoms with Gasteiger partial charge in [0.2, 0.25) is 5.91 Å². The van der Waals surface area contributed by atoms with E-state index in [2.05, 4.69) is 5.32 Å².